The third-order valence-corrected chi connectivity index (χ3v) is 3.78. The minimum Gasteiger partial charge on any atom is -0.493 e. The van der Waals surface area contributed by atoms with E-state index in [-0.39, 0.29) is 12.3 Å². The number of benzene rings is 1. The van der Waals surface area contributed by atoms with Crippen LogP contribution in [0.15, 0.2) is 41.4 Å². The highest BCUT2D eigenvalue weighted by atomic mass is 19.3. The molecule has 152 valence electrons. The molecule has 0 atom stereocenters. The minimum atomic E-state index is -2.91. The highest BCUT2D eigenvalue weighted by molar-refractivity contribution is 5.79. The van der Waals surface area contributed by atoms with Gasteiger partial charge in [-0.25, -0.2) is 0 Å². The first kappa shape index (κ1) is 21.4. The van der Waals surface area contributed by atoms with Gasteiger partial charge in [-0.05, 0) is 37.6 Å². The van der Waals surface area contributed by atoms with Crippen molar-refractivity contribution in [3.05, 3.63) is 53.3 Å². The maximum atomic E-state index is 12.8. The Morgan fingerprint density at radius 3 is 2.64 bits per heavy atom. The Morgan fingerprint density at radius 1 is 1.18 bits per heavy atom. The first-order valence-corrected chi connectivity index (χ1v) is 9.09. The largest absolute Gasteiger partial charge is 0.493 e. The molecule has 0 aliphatic rings. The number of nitrogens with zero attached hydrogens (tertiary/aromatic N) is 2. The first-order valence-electron chi connectivity index (χ1n) is 9.09. The Morgan fingerprint density at radius 2 is 1.96 bits per heavy atom. The zero-order chi connectivity index (χ0) is 20.4. The molecule has 0 amide bonds. The fraction of sp³-hybridized carbons (Fsp3) is 0.400. The Balaban J connectivity index is 2.00. The van der Waals surface area contributed by atoms with E-state index in [2.05, 4.69) is 25.3 Å². The van der Waals surface area contributed by atoms with Crippen molar-refractivity contribution in [3.63, 3.8) is 0 Å². The highest BCUT2D eigenvalue weighted by Gasteiger charge is 2.12. The van der Waals surface area contributed by atoms with E-state index in [0.29, 0.717) is 30.4 Å². The molecule has 1 heterocycles. The van der Waals surface area contributed by atoms with Gasteiger partial charge in [-0.2, -0.15) is 8.78 Å². The summed E-state index contributed by atoms with van der Waals surface area (Å²) in [6, 6.07) is 10.7. The van der Waals surface area contributed by atoms with Crippen LogP contribution in [0.1, 0.15) is 30.3 Å². The predicted molar refractivity (Wildman–Crippen MR) is 105 cm³/mol. The number of ether oxygens (including phenoxy) is 2. The van der Waals surface area contributed by atoms with Crippen molar-refractivity contribution < 1.29 is 18.3 Å². The molecule has 6 nitrogen and oxygen atoms in total. The van der Waals surface area contributed by atoms with Gasteiger partial charge in [0.2, 0.25) is 0 Å². The van der Waals surface area contributed by atoms with E-state index in [1.807, 2.05) is 32.0 Å². The highest BCUT2D eigenvalue weighted by Crippen LogP contribution is 2.26. The van der Waals surface area contributed by atoms with Crippen molar-refractivity contribution in [1.82, 2.24) is 15.6 Å². The fourth-order valence-electron chi connectivity index (χ4n) is 2.47. The van der Waals surface area contributed by atoms with Gasteiger partial charge in [0.25, 0.3) is 0 Å². The van der Waals surface area contributed by atoms with Gasteiger partial charge >= 0.3 is 6.61 Å². The number of aliphatic imine (C=N–C) groups is 1. The second-order valence-electron chi connectivity index (χ2n) is 6.05. The molecular formula is C20H26F2N4O2. The summed E-state index contributed by atoms with van der Waals surface area (Å²) in [5.74, 6) is 1.10. The van der Waals surface area contributed by atoms with E-state index in [4.69, 9.17) is 4.74 Å². The van der Waals surface area contributed by atoms with Gasteiger partial charge < -0.3 is 20.1 Å². The maximum Gasteiger partial charge on any atom is 0.387 e. The van der Waals surface area contributed by atoms with Crippen molar-refractivity contribution in [2.45, 2.75) is 40.0 Å². The molecule has 0 aliphatic heterocycles. The van der Waals surface area contributed by atoms with Crippen LogP contribution in [0.4, 0.5) is 8.78 Å². The monoisotopic (exact) mass is 392 g/mol. The van der Waals surface area contributed by atoms with Crippen LogP contribution in [-0.2, 0) is 13.1 Å². The zero-order valence-electron chi connectivity index (χ0n) is 16.3. The van der Waals surface area contributed by atoms with E-state index in [1.165, 1.54) is 6.07 Å². The average Bonchev–Trinajstić information content (AvgIpc) is 2.67. The summed E-state index contributed by atoms with van der Waals surface area (Å²) >= 11 is 0. The van der Waals surface area contributed by atoms with Crippen LogP contribution >= 0.6 is 0 Å². The van der Waals surface area contributed by atoms with Crippen molar-refractivity contribution in [3.8, 4) is 11.5 Å². The van der Waals surface area contributed by atoms with E-state index < -0.39 is 6.61 Å². The summed E-state index contributed by atoms with van der Waals surface area (Å²) in [4.78, 5) is 8.56. The van der Waals surface area contributed by atoms with Crippen molar-refractivity contribution in [2.24, 2.45) is 4.99 Å². The fourth-order valence-corrected chi connectivity index (χ4v) is 2.47. The van der Waals surface area contributed by atoms with Crippen LogP contribution in [0.5, 0.6) is 11.5 Å². The molecule has 2 aromatic rings. The number of rotatable bonds is 9. The third kappa shape index (κ3) is 7.02. The van der Waals surface area contributed by atoms with E-state index in [0.717, 1.165) is 17.8 Å². The van der Waals surface area contributed by atoms with Crippen molar-refractivity contribution >= 4 is 5.96 Å². The molecule has 0 unspecified atom stereocenters. The van der Waals surface area contributed by atoms with Crippen LogP contribution in [-0.4, -0.2) is 31.2 Å². The normalized spacial score (nSPS) is 11.4. The Kier molecular flexibility index (Phi) is 8.45. The van der Waals surface area contributed by atoms with Gasteiger partial charge in [0.1, 0.15) is 11.5 Å². The molecule has 0 saturated carbocycles. The molecule has 28 heavy (non-hydrogen) atoms. The van der Waals surface area contributed by atoms with Gasteiger partial charge in [-0.3, -0.25) is 9.98 Å². The smallest absolute Gasteiger partial charge is 0.387 e. The second-order valence-corrected chi connectivity index (χ2v) is 6.05. The summed E-state index contributed by atoms with van der Waals surface area (Å²) in [5, 5.41) is 6.24. The first-order chi connectivity index (χ1) is 13.5. The van der Waals surface area contributed by atoms with Crippen LogP contribution in [0.2, 0.25) is 0 Å². The maximum absolute atomic E-state index is 12.8. The quantitative estimate of drug-likeness (QED) is 0.504. The molecule has 2 N–H and O–H groups in total. The molecule has 0 spiro atoms. The predicted octanol–water partition coefficient (Wildman–Crippen LogP) is 3.65. The molecule has 0 fully saturated rings. The van der Waals surface area contributed by atoms with Gasteiger partial charge in [0.05, 0.1) is 18.8 Å². The lowest BCUT2D eigenvalue weighted by atomic mass is 10.2. The Labute approximate surface area is 164 Å². The molecule has 0 saturated heterocycles. The van der Waals surface area contributed by atoms with Crippen LogP contribution in [0.3, 0.4) is 0 Å². The molecule has 0 radical (unpaired) electrons. The molecule has 0 bridgehead atoms. The lowest BCUT2D eigenvalue weighted by Gasteiger charge is -2.16. The van der Waals surface area contributed by atoms with Gasteiger partial charge in [-0.15, -0.1) is 0 Å². The van der Waals surface area contributed by atoms with E-state index in [1.54, 1.807) is 19.2 Å². The van der Waals surface area contributed by atoms with E-state index in [9.17, 15) is 8.78 Å². The number of pyridine rings is 1. The number of aryl methyl sites for hydroxylation is 1. The van der Waals surface area contributed by atoms with Crippen LogP contribution < -0.4 is 20.1 Å². The lowest BCUT2D eigenvalue weighted by Crippen LogP contribution is -2.36. The topological polar surface area (TPSA) is 67.8 Å². The third-order valence-electron chi connectivity index (χ3n) is 3.78. The summed E-state index contributed by atoms with van der Waals surface area (Å²) in [6.45, 7) is 2.25. The average molecular weight is 392 g/mol. The molecule has 1 aromatic carbocycles. The number of guanidine groups is 1. The number of hydrogen-bond acceptors (Lipinski definition) is 4. The van der Waals surface area contributed by atoms with Crippen LogP contribution in [0, 0.1) is 6.92 Å². The van der Waals surface area contributed by atoms with Crippen molar-refractivity contribution in [1.29, 1.82) is 0 Å². The molecule has 1 aromatic heterocycles. The van der Waals surface area contributed by atoms with Crippen LogP contribution in [0.25, 0.3) is 0 Å². The number of alkyl halides is 2. The minimum absolute atomic E-state index is 0.0758. The Hall–Kier alpha value is -2.90. The molecular weight excluding hydrogens is 366 g/mol. The van der Waals surface area contributed by atoms with Crippen molar-refractivity contribution in [2.75, 3.05) is 13.7 Å². The molecule has 2 rings (SSSR count). The number of halogens is 2. The lowest BCUT2D eigenvalue weighted by molar-refractivity contribution is -0.0505. The summed E-state index contributed by atoms with van der Waals surface area (Å²) < 4.78 is 35.7. The summed E-state index contributed by atoms with van der Waals surface area (Å²) in [5.41, 5.74) is 2.38. The SMILES string of the molecule is CCCOc1ccc(CNC(=NC)NCc2cccc(C)n2)c(OC(F)F)c1. The van der Waals surface area contributed by atoms with Gasteiger partial charge in [-0.1, -0.05) is 13.0 Å². The summed E-state index contributed by atoms with van der Waals surface area (Å²) in [6.07, 6.45) is 0.826. The van der Waals surface area contributed by atoms with Gasteiger partial charge in [0, 0.05) is 30.9 Å². The molecule has 8 heteroatoms. The summed E-state index contributed by atoms with van der Waals surface area (Å²) in [7, 11) is 1.64. The zero-order valence-corrected chi connectivity index (χ0v) is 16.3. The number of nitrogens with one attached hydrogen (secondary N) is 2. The van der Waals surface area contributed by atoms with E-state index >= 15 is 0 Å². The second kappa shape index (κ2) is 11.1. The van der Waals surface area contributed by atoms with Gasteiger partial charge in [0.15, 0.2) is 5.96 Å². The standard InChI is InChI=1S/C20H26F2N4O2/c1-4-10-27-17-9-8-15(18(11-17)28-19(21)22)12-24-20(23-3)25-13-16-7-5-6-14(2)26-16/h5-9,11,19H,4,10,12-13H2,1-3H3,(H2,23,24,25). The molecule has 0 aliphatic carbocycles. The number of hydrogen-bond donors (Lipinski definition) is 2. The Bertz CT molecular complexity index is 785. The number of aromatic nitrogens is 1.